The minimum Gasteiger partial charge on any atom is -0.434 e. The second-order valence-electron chi connectivity index (χ2n) is 5.23. The first kappa shape index (κ1) is 18.2. The Balaban J connectivity index is 1.60. The molecule has 26 heavy (non-hydrogen) atoms. The van der Waals surface area contributed by atoms with Gasteiger partial charge >= 0.3 is 6.61 Å². The van der Waals surface area contributed by atoms with E-state index in [4.69, 9.17) is 4.74 Å². The molecular weight excluding hydrogens is 366 g/mol. The van der Waals surface area contributed by atoms with Crippen LogP contribution < -0.4 is 15.1 Å². The number of para-hydroxylation sites is 1. The highest BCUT2D eigenvalue weighted by Crippen LogP contribution is 2.21. The third-order valence-corrected chi connectivity index (χ3v) is 4.41. The molecule has 1 aromatic heterocycles. The van der Waals surface area contributed by atoms with E-state index in [1.54, 1.807) is 23.6 Å². The molecule has 3 rings (SSSR count). The van der Waals surface area contributed by atoms with Crippen LogP contribution in [0.25, 0.3) is 0 Å². The lowest BCUT2D eigenvalue weighted by molar-refractivity contribution is -0.0499. The van der Waals surface area contributed by atoms with Crippen molar-refractivity contribution in [2.24, 2.45) is 5.10 Å². The van der Waals surface area contributed by atoms with Gasteiger partial charge in [-0.3, -0.25) is 4.79 Å². The van der Waals surface area contributed by atoms with Gasteiger partial charge in [-0.05, 0) is 12.1 Å². The van der Waals surface area contributed by atoms with Crippen LogP contribution in [0.4, 0.5) is 13.9 Å². The summed E-state index contributed by atoms with van der Waals surface area (Å²) in [5, 5.41) is 6.18. The van der Waals surface area contributed by atoms with Crippen molar-refractivity contribution in [1.82, 2.24) is 10.4 Å². The maximum atomic E-state index is 12.4. The van der Waals surface area contributed by atoms with Gasteiger partial charge in [0, 0.05) is 24.0 Å². The molecule has 1 saturated heterocycles. The van der Waals surface area contributed by atoms with Crippen molar-refractivity contribution < 1.29 is 23.0 Å². The highest BCUT2D eigenvalue weighted by Gasteiger charge is 2.17. The van der Waals surface area contributed by atoms with E-state index in [1.807, 2.05) is 4.90 Å². The molecule has 1 N–H and O–H groups in total. The molecule has 0 bridgehead atoms. The van der Waals surface area contributed by atoms with Crippen molar-refractivity contribution in [1.29, 1.82) is 0 Å². The number of aromatic nitrogens is 1. The number of halogens is 2. The molecule has 1 amide bonds. The van der Waals surface area contributed by atoms with Gasteiger partial charge in [-0.2, -0.15) is 13.9 Å². The molecule has 0 saturated carbocycles. The van der Waals surface area contributed by atoms with Crippen molar-refractivity contribution in [3.05, 3.63) is 40.9 Å². The Hall–Kier alpha value is -2.59. The Kier molecular flexibility index (Phi) is 6.08. The Bertz CT molecular complexity index is 778. The van der Waals surface area contributed by atoms with Crippen molar-refractivity contribution in [3.63, 3.8) is 0 Å². The number of alkyl halides is 2. The molecular formula is C16H16F2N4O3S. The summed E-state index contributed by atoms with van der Waals surface area (Å²) in [6.07, 6.45) is 1.24. The van der Waals surface area contributed by atoms with Gasteiger partial charge in [0.05, 0.1) is 19.4 Å². The summed E-state index contributed by atoms with van der Waals surface area (Å²) < 4.78 is 34.4. The number of nitrogens with one attached hydrogen (secondary N) is 1. The molecule has 1 aromatic carbocycles. The van der Waals surface area contributed by atoms with Crippen LogP contribution in [0.2, 0.25) is 0 Å². The van der Waals surface area contributed by atoms with E-state index >= 15 is 0 Å². The zero-order chi connectivity index (χ0) is 18.4. The Morgan fingerprint density at radius 2 is 2.15 bits per heavy atom. The molecule has 7 nitrogen and oxygen atoms in total. The van der Waals surface area contributed by atoms with Crippen molar-refractivity contribution in [3.8, 4) is 5.75 Å². The maximum absolute atomic E-state index is 12.4. The van der Waals surface area contributed by atoms with Crippen LogP contribution in [-0.4, -0.2) is 50.0 Å². The molecule has 0 aliphatic carbocycles. The monoisotopic (exact) mass is 382 g/mol. The number of carbonyl (C=O) groups is 1. The highest BCUT2D eigenvalue weighted by atomic mass is 32.1. The molecule has 0 radical (unpaired) electrons. The topological polar surface area (TPSA) is 76.0 Å². The van der Waals surface area contributed by atoms with Gasteiger partial charge in [0.15, 0.2) is 5.13 Å². The van der Waals surface area contributed by atoms with E-state index < -0.39 is 12.5 Å². The maximum Gasteiger partial charge on any atom is 0.387 e. The van der Waals surface area contributed by atoms with Gasteiger partial charge in [-0.1, -0.05) is 12.1 Å². The lowest BCUT2D eigenvalue weighted by atomic mass is 10.2. The number of anilines is 1. The number of hydrogen-bond donors (Lipinski definition) is 1. The summed E-state index contributed by atoms with van der Waals surface area (Å²) >= 11 is 1.37. The number of carbonyl (C=O) groups excluding carboxylic acids is 1. The highest BCUT2D eigenvalue weighted by molar-refractivity contribution is 7.13. The Labute approximate surface area is 152 Å². The van der Waals surface area contributed by atoms with Gasteiger partial charge in [0.25, 0.3) is 5.91 Å². The molecule has 1 fully saturated rings. The van der Waals surface area contributed by atoms with E-state index in [-0.39, 0.29) is 11.4 Å². The molecule has 10 heteroatoms. The summed E-state index contributed by atoms with van der Waals surface area (Å²) in [5.41, 5.74) is 2.89. The van der Waals surface area contributed by atoms with Crippen molar-refractivity contribution in [2.75, 3.05) is 31.2 Å². The number of hydrogen-bond acceptors (Lipinski definition) is 7. The van der Waals surface area contributed by atoms with E-state index in [2.05, 4.69) is 20.2 Å². The average molecular weight is 382 g/mol. The first-order chi connectivity index (χ1) is 12.6. The number of morpholine rings is 1. The number of thiazole rings is 1. The molecule has 1 aliphatic rings. The van der Waals surface area contributed by atoms with Gasteiger partial charge in [-0.15, -0.1) is 11.3 Å². The molecule has 2 aromatic rings. The quantitative estimate of drug-likeness (QED) is 0.613. The molecule has 138 valence electrons. The molecule has 1 aliphatic heterocycles. The normalized spacial score (nSPS) is 14.8. The fraction of sp³-hybridized carbons (Fsp3) is 0.312. The molecule has 0 atom stereocenters. The summed E-state index contributed by atoms with van der Waals surface area (Å²) in [7, 11) is 0. The minimum absolute atomic E-state index is 0.0243. The summed E-state index contributed by atoms with van der Waals surface area (Å²) in [4.78, 5) is 18.5. The lowest BCUT2D eigenvalue weighted by Crippen LogP contribution is -2.36. The number of hydrazone groups is 1. The number of nitrogens with zero attached hydrogens (tertiary/aromatic N) is 3. The minimum atomic E-state index is -2.94. The van der Waals surface area contributed by atoms with Gasteiger partial charge < -0.3 is 14.4 Å². The predicted molar refractivity (Wildman–Crippen MR) is 93.3 cm³/mol. The van der Waals surface area contributed by atoms with Crippen LogP contribution in [0.1, 0.15) is 16.1 Å². The zero-order valence-electron chi connectivity index (χ0n) is 13.6. The predicted octanol–water partition coefficient (Wildman–Crippen LogP) is 2.34. The van der Waals surface area contributed by atoms with Crippen LogP contribution in [0, 0.1) is 0 Å². The molecule has 0 unspecified atom stereocenters. The first-order valence-electron chi connectivity index (χ1n) is 7.79. The molecule has 2 heterocycles. The second-order valence-corrected chi connectivity index (χ2v) is 6.07. The lowest BCUT2D eigenvalue weighted by Gasteiger charge is -2.25. The Morgan fingerprint density at radius 3 is 2.92 bits per heavy atom. The fourth-order valence-corrected chi connectivity index (χ4v) is 3.14. The summed E-state index contributed by atoms with van der Waals surface area (Å²) in [6.45, 7) is -0.217. The van der Waals surface area contributed by atoms with Gasteiger partial charge in [0.1, 0.15) is 11.4 Å². The van der Waals surface area contributed by atoms with Crippen LogP contribution in [-0.2, 0) is 4.74 Å². The first-order valence-corrected chi connectivity index (χ1v) is 8.67. The van der Waals surface area contributed by atoms with E-state index in [9.17, 15) is 13.6 Å². The van der Waals surface area contributed by atoms with Crippen LogP contribution in [0.5, 0.6) is 5.75 Å². The Morgan fingerprint density at radius 1 is 1.38 bits per heavy atom. The van der Waals surface area contributed by atoms with Crippen molar-refractivity contribution >= 4 is 28.6 Å². The zero-order valence-corrected chi connectivity index (χ0v) is 14.4. The third kappa shape index (κ3) is 4.73. The number of amides is 1. The average Bonchev–Trinajstić information content (AvgIpc) is 3.14. The van der Waals surface area contributed by atoms with E-state index in [1.165, 1.54) is 23.6 Å². The number of benzene rings is 1. The van der Waals surface area contributed by atoms with E-state index in [0.717, 1.165) is 18.2 Å². The van der Waals surface area contributed by atoms with Gasteiger partial charge in [0.2, 0.25) is 0 Å². The number of ether oxygens (including phenoxy) is 2. The SMILES string of the molecule is O=C(N/N=C/c1ccccc1OC(F)F)c1csc(N2CCOCC2)n1. The van der Waals surface area contributed by atoms with Crippen LogP contribution in [0.15, 0.2) is 34.7 Å². The standard InChI is InChI=1S/C16H16F2N4O3S/c17-15(18)25-13-4-2-1-3-11(13)9-19-21-14(23)12-10-26-16(20-12)22-5-7-24-8-6-22/h1-4,9-10,15H,5-8H2,(H,21,23)/b19-9+. The smallest absolute Gasteiger partial charge is 0.387 e. The third-order valence-electron chi connectivity index (χ3n) is 3.51. The van der Waals surface area contributed by atoms with Crippen LogP contribution >= 0.6 is 11.3 Å². The summed E-state index contributed by atoms with van der Waals surface area (Å²) in [5.74, 6) is -0.506. The van der Waals surface area contributed by atoms with Crippen molar-refractivity contribution in [2.45, 2.75) is 6.61 Å². The largest absolute Gasteiger partial charge is 0.434 e. The fourth-order valence-electron chi connectivity index (χ4n) is 2.28. The van der Waals surface area contributed by atoms with Crippen LogP contribution in [0.3, 0.4) is 0 Å². The molecule has 0 spiro atoms. The van der Waals surface area contributed by atoms with E-state index in [0.29, 0.717) is 18.8 Å². The number of rotatable bonds is 6. The second kappa shape index (κ2) is 8.68. The van der Waals surface area contributed by atoms with Gasteiger partial charge in [-0.25, -0.2) is 10.4 Å². The summed E-state index contributed by atoms with van der Waals surface area (Å²) in [6, 6.07) is 6.16.